The molecule has 0 aliphatic carbocycles. The van der Waals surface area contributed by atoms with Gasteiger partial charge in [0.05, 0.1) is 13.2 Å². The van der Waals surface area contributed by atoms with Crippen LogP contribution in [0.4, 0.5) is 5.95 Å². The van der Waals surface area contributed by atoms with Gasteiger partial charge in [-0.05, 0) is 12.8 Å². The predicted molar refractivity (Wildman–Crippen MR) is 70.8 cm³/mol. The number of aromatic nitrogens is 2. The van der Waals surface area contributed by atoms with Crippen LogP contribution in [0, 0.1) is 0 Å². The van der Waals surface area contributed by atoms with Crippen LogP contribution in [0.5, 0.6) is 5.88 Å². The van der Waals surface area contributed by atoms with Gasteiger partial charge >= 0.3 is 0 Å². The Bertz CT molecular complexity index is 323. The minimum Gasteiger partial charge on any atom is -0.478 e. The van der Waals surface area contributed by atoms with E-state index in [0.717, 1.165) is 19.4 Å². The maximum Gasteiger partial charge on any atom is 0.225 e. The van der Waals surface area contributed by atoms with E-state index < -0.39 is 0 Å². The van der Waals surface area contributed by atoms with Gasteiger partial charge in [-0.25, -0.2) is 4.98 Å². The average Bonchev–Trinajstić information content (AvgIpc) is 2.41. The number of nitrogens with zero attached hydrogens (tertiary/aromatic N) is 2. The van der Waals surface area contributed by atoms with E-state index in [1.54, 1.807) is 12.3 Å². The van der Waals surface area contributed by atoms with E-state index in [0.29, 0.717) is 38.2 Å². The fourth-order valence-electron chi connectivity index (χ4n) is 1.27. The molecule has 1 aromatic rings. The quantitative estimate of drug-likeness (QED) is 0.607. The summed E-state index contributed by atoms with van der Waals surface area (Å²) in [5.41, 5.74) is 5.32. The molecule has 102 valence electrons. The highest BCUT2D eigenvalue weighted by Crippen LogP contribution is 2.08. The van der Waals surface area contributed by atoms with Crippen molar-refractivity contribution in [3.05, 3.63) is 12.3 Å². The second-order valence-electron chi connectivity index (χ2n) is 3.75. The second-order valence-corrected chi connectivity index (χ2v) is 3.75. The number of nitrogens with two attached hydrogens (primary N) is 1. The van der Waals surface area contributed by atoms with Crippen molar-refractivity contribution in [2.75, 3.05) is 38.2 Å². The summed E-state index contributed by atoms with van der Waals surface area (Å²) in [4.78, 5) is 8.36. The van der Waals surface area contributed by atoms with Crippen molar-refractivity contribution in [2.45, 2.75) is 19.8 Å². The lowest BCUT2D eigenvalue weighted by Crippen LogP contribution is -2.12. The normalized spacial score (nSPS) is 10.3. The zero-order chi connectivity index (χ0) is 13.1. The number of hydrogen-bond donors (Lipinski definition) is 2. The monoisotopic (exact) mass is 254 g/mol. The Labute approximate surface area is 108 Å². The van der Waals surface area contributed by atoms with Crippen LogP contribution in [0.2, 0.25) is 0 Å². The van der Waals surface area contributed by atoms with E-state index in [1.165, 1.54) is 0 Å². The highest BCUT2D eigenvalue weighted by atomic mass is 16.5. The van der Waals surface area contributed by atoms with Crippen LogP contribution in [0.25, 0.3) is 0 Å². The third kappa shape index (κ3) is 6.36. The van der Waals surface area contributed by atoms with Crippen LogP contribution in [-0.2, 0) is 4.74 Å². The van der Waals surface area contributed by atoms with Gasteiger partial charge in [-0.3, -0.25) is 0 Å². The topological polar surface area (TPSA) is 82.3 Å². The summed E-state index contributed by atoms with van der Waals surface area (Å²) in [5.74, 6) is 1.19. The van der Waals surface area contributed by atoms with Gasteiger partial charge in [0, 0.05) is 32.0 Å². The predicted octanol–water partition coefficient (Wildman–Crippen LogP) is 1.04. The maximum absolute atomic E-state index is 5.43. The first-order chi connectivity index (χ1) is 8.86. The molecule has 1 heterocycles. The molecular weight excluding hydrogens is 232 g/mol. The summed E-state index contributed by atoms with van der Waals surface area (Å²) in [6.07, 6.45) is 3.54. The molecule has 0 aliphatic heterocycles. The second kappa shape index (κ2) is 9.61. The molecule has 0 atom stereocenters. The third-order valence-corrected chi connectivity index (χ3v) is 2.09. The highest BCUT2D eigenvalue weighted by Gasteiger charge is 1.99. The van der Waals surface area contributed by atoms with Crippen LogP contribution in [0.3, 0.4) is 0 Å². The Morgan fingerprint density at radius 3 is 3.00 bits per heavy atom. The van der Waals surface area contributed by atoms with E-state index >= 15 is 0 Å². The Kier molecular flexibility index (Phi) is 7.83. The standard InChI is InChI=1S/C12H22N4O2/c1-2-8-18-11-4-7-15-12(16-11)14-6-3-9-17-10-5-13/h4,7H,2-3,5-6,8-10,13H2,1H3,(H,14,15,16). The number of anilines is 1. The van der Waals surface area contributed by atoms with Crippen molar-refractivity contribution < 1.29 is 9.47 Å². The molecule has 0 aliphatic rings. The number of hydrogen-bond acceptors (Lipinski definition) is 6. The molecular formula is C12H22N4O2. The SMILES string of the molecule is CCCOc1ccnc(NCCCOCCN)n1. The molecule has 0 fully saturated rings. The molecule has 6 heteroatoms. The molecule has 0 spiro atoms. The Morgan fingerprint density at radius 2 is 2.22 bits per heavy atom. The zero-order valence-electron chi connectivity index (χ0n) is 10.9. The van der Waals surface area contributed by atoms with Gasteiger partial charge in [-0.2, -0.15) is 4.98 Å². The molecule has 0 radical (unpaired) electrons. The Hall–Kier alpha value is -1.40. The molecule has 0 bridgehead atoms. The lowest BCUT2D eigenvalue weighted by atomic mass is 10.4. The van der Waals surface area contributed by atoms with Crippen molar-refractivity contribution in [1.82, 2.24) is 9.97 Å². The van der Waals surface area contributed by atoms with E-state index in [-0.39, 0.29) is 0 Å². The summed E-state index contributed by atoms with van der Waals surface area (Å²) >= 11 is 0. The lowest BCUT2D eigenvalue weighted by Gasteiger charge is -2.07. The van der Waals surface area contributed by atoms with Crippen LogP contribution in [-0.4, -0.2) is 42.9 Å². The fourth-order valence-corrected chi connectivity index (χ4v) is 1.27. The summed E-state index contributed by atoms with van der Waals surface area (Å²) in [5, 5.41) is 3.12. The highest BCUT2D eigenvalue weighted by molar-refractivity contribution is 5.27. The molecule has 3 N–H and O–H groups in total. The van der Waals surface area contributed by atoms with Gasteiger partial charge in [0.15, 0.2) is 0 Å². The van der Waals surface area contributed by atoms with E-state index in [9.17, 15) is 0 Å². The molecule has 0 saturated heterocycles. The summed E-state index contributed by atoms with van der Waals surface area (Å²) in [7, 11) is 0. The summed E-state index contributed by atoms with van der Waals surface area (Å²) < 4.78 is 10.7. The Balaban J connectivity index is 2.20. The van der Waals surface area contributed by atoms with Crippen LogP contribution in [0.15, 0.2) is 12.3 Å². The van der Waals surface area contributed by atoms with E-state index in [1.807, 2.05) is 0 Å². The van der Waals surface area contributed by atoms with Crippen LogP contribution < -0.4 is 15.8 Å². The van der Waals surface area contributed by atoms with E-state index in [2.05, 4.69) is 22.2 Å². The summed E-state index contributed by atoms with van der Waals surface area (Å²) in [6.45, 7) is 5.35. The largest absolute Gasteiger partial charge is 0.478 e. The molecule has 0 unspecified atom stereocenters. The van der Waals surface area contributed by atoms with Crippen molar-refractivity contribution in [3.8, 4) is 5.88 Å². The van der Waals surface area contributed by atoms with Crippen molar-refractivity contribution >= 4 is 5.95 Å². The van der Waals surface area contributed by atoms with Gasteiger partial charge in [0.1, 0.15) is 0 Å². The Morgan fingerprint density at radius 1 is 1.33 bits per heavy atom. The first kappa shape index (κ1) is 14.7. The molecule has 1 aromatic heterocycles. The molecule has 0 amide bonds. The van der Waals surface area contributed by atoms with Gasteiger partial charge in [0.2, 0.25) is 11.8 Å². The fraction of sp³-hybridized carbons (Fsp3) is 0.667. The third-order valence-electron chi connectivity index (χ3n) is 2.09. The van der Waals surface area contributed by atoms with Crippen molar-refractivity contribution in [3.63, 3.8) is 0 Å². The molecule has 6 nitrogen and oxygen atoms in total. The molecule has 0 saturated carbocycles. The lowest BCUT2D eigenvalue weighted by molar-refractivity contribution is 0.141. The zero-order valence-corrected chi connectivity index (χ0v) is 10.9. The van der Waals surface area contributed by atoms with Gasteiger partial charge in [-0.1, -0.05) is 6.92 Å². The minimum atomic E-state index is 0.563. The minimum absolute atomic E-state index is 0.563. The van der Waals surface area contributed by atoms with Gasteiger partial charge in [0.25, 0.3) is 0 Å². The number of rotatable bonds is 10. The van der Waals surface area contributed by atoms with Crippen LogP contribution >= 0.6 is 0 Å². The van der Waals surface area contributed by atoms with E-state index in [4.69, 9.17) is 15.2 Å². The van der Waals surface area contributed by atoms with Crippen molar-refractivity contribution in [1.29, 1.82) is 0 Å². The smallest absolute Gasteiger partial charge is 0.225 e. The first-order valence-corrected chi connectivity index (χ1v) is 6.34. The van der Waals surface area contributed by atoms with Gasteiger partial charge in [-0.15, -0.1) is 0 Å². The first-order valence-electron chi connectivity index (χ1n) is 6.34. The molecule has 18 heavy (non-hydrogen) atoms. The van der Waals surface area contributed by atoms with Crippen molar-refractivity contribution in [2.24, 2.45) is 5.73 Å². The average molecular weight is 254 g/mol. The summed E-state index contributed by atoms with van der Waals surface area (Å²) in [6, 6.07) is 1.76. The number of nitrogens with one attached hydrogen (secondary N) is 1. The van der Waals surface area contributed by atoms with Gasteiger partial charge < -0.3 is 20.5 Å². The molecule has 0 aromatic carbocycles. The molecule has 1 rings (SSSR count). The van der Waals surface area contributed by atoms with Crippen LogP contribution in [0.1, 0.15) is 19.8 Å². The maximum atomic E-state index is 5.43. The number of ether oxygens (including phenoxy) is 2.